The summed E-state index contributed by atoms with van der Waals surface area (Å²) in [5.74, 6) is -3.04. The molecule has 0 aromatic heterocycles. The summed E-state index contributed by atoms with van der Waals surface area (Å²) in [5.41, 5.74) is 1.06. The first-order valence-corrected chi connectivity index (χ1v) is 10.5. The van der Waals surface area contributed by atoms with Gasteiger partial charge in [-0.15, -0.1) is 0 Å². The van der Waals surface area contributed by atoms with Crippen LogP contribution in [0.3, 0.4) is 0 Å². The van der Waals surface area contributed by atoms with Crippen molar-refractivity contribution in [1.29, 1.82) is 0 Å². The number of rotatable bonds is 8. The average Bonchev–Trinajstić information content (AvgIpc) is 2.70. The Morgan fingerprint density at radius 1 is 0.862 bits per heavy atom. The SMILES string of the molecule is CCCCCC1CCC(c2cc(F)cc(OCc3cc(F)c(F)c(F)c3)c2)CC1. The van der Waals surface area contributed by atoms with E-state index >= 15 is 0 Å². The van der Waals surface area contributed by atoms with Crippen molar-refractivity contribution in [1.82, 2.24) is 0 Å². The maximum Gasteiger partial charge on any atom is 0.194 e. The maximum atomic E-state index is 14.1. The number of hydrogen-bond donors (Lipinski definition) is 0. The van der Waals surface area contributed by atoms with Gasteiger partial charge in [0, 0.05) is 6.07 Å². The largest absolute Gasteiger partial charge is 0.489 e. The molecular formula is C24H28F4O. The molecule has 158 valence electrons. The number of ether oxygens (including phenoxy) is 1. The molecule has 29 heavy (non-hydrogen) atoms. The molecule has 0 spiro atoms. The van der Waals surface area contributed by atoms with Crippen LogP contribution in [0.2, 0.25) is 0 Å². The van der Waals surface area contributed by atoms with Crippen LogP contribution in [0.15, 0.2) is 30.3 Å². The quantitative estimate of drug-likeness (QED) is 0.247. The van der Waals surface area contributed by atoms with Crippen LogP contribution < -0.4 is 4.74 Å². The van der Waals surface area contributed by atoms with E-state index in [4.69, 9.17) is 4.74 Å². The van der Waals surface area contributed by atoms with E-state index in [0.717, 1.165) is 49.3 Å². The second-order valence-electron chi connectivity index (χ2n) is 8.10. The first-order valence-electron chi connectivity index (χ1n) is 10.5. The van der Waals surface area contributed by atoms with Crippen molar-refractivity contribution in [2.24, 2.45) is 5.92 Å². The minimum atomic E-state index is -1.51. The molecule has 3 rings (SSSR count). The fourth-order valence-corrected chi connectivity index (χ4v) is 4.23. The Hall–Kier alpha value is -2.04. The standard InChI is InChI=1S/C24H28F4O/c1-2-3-4-5-16-6-8-18(9-7-16)19-12-20(25)14-21(13-19)29-15-17-10-22(26)24(28)23(27)11-17/h10-14,16,18H,2-9,15H2,1H3. The van der Waals surface area contributed by atoms with Crippen molar-refractivity contribution in [3.63, 3.8) is 0 Å². The second kappa shape index (κ2) is 10.1. The molecule has 0 N–H and O–H groups in total. The molecule has 1 nitrogen and oxygen atoms in total. The highest BCUT2D eigenvalue weighted by molar-refractivity contribution is 5.32. The molecule has 1 saturated carbocycles. The Bertz CT molecular complexity index is 790. The Morgan fingerprint density at radius 2 is 1.55 bits per heavy atom. The van der Waals surface area contributed by atoms with Crippen LogP contribution in [0.4, 0.5) is 17.6 Å². The van der Waals surface area contributed by atoms with Gasteiger partial charge in [0.05, 0.1) is 0 Å². The molecular weight excluding hydrogens is 380 g/mol. The minimum Gasteiger partial charge on any atom is -0.489 e. The monoisotopic (exact) mass is 408 g/mol. The van der Waals surface area contributed by atoms with Crippen molar-refractivity contribution in [2.45, 2.75) is 70.8 Å². The van der Waals surface area contributed by atoms with E-state index in [9.17, 15) is 17.6 Å². The van der Waals surface area contributed by atoms with E-state index in [-0.39, 0.29) is 18.0 Å². The van der Waals surface area contributed by atoms with Crippen molar-refractivity contribution >= 4 is 0 Å². The first-order chi connectivity index (χ1) is 14.0. The zero-order chi connectivity index (χ0) is 20.8. The van der Waals surface area contributed by atoms with Crippen molar-refractivity contribution < 1.29 is 22.3 Å². The van der Waals surface area contributed by atoms with E-state index in [1.165, 1.54) is 31.7 Å². The molecule has 0 saturated heterocycles. The Labute approximate surface area is 170 Å². The third-order valence-electron chi connectivity index (χ3n) is 5.88. The van der Waals surface area contributed by atoms with Gasteiger partial charge in [-0.3, -0.25) is 0 Å². The van der Waals surface area contributed by atoms with E-state index < -0.39 is 17.5 Å². The summed E-state index contributed by atoms with van der Waals surface area (Å²) in [5, 5.41) is 0. The number of halogens is 4. The van der Waals surface area contributed by atoms with Gasteiger partial charge in [-0.2, -0.15) is 0 Å². The molecule has 0 radical (unpaired) electrons. The molecule has 1 fully saturated rings. The second-order valence-corrected chi connectivity index (χ2v) is 8.10. The highest BCUT2D eigenvalue weighted by Gasteiger charge is 2.23. The smallest absolute Gasteiger partial charge is 0.194 e. The lowest BCUT2D eigenvalue weighted by Crippen LogP contribution is -2.13. The zero-order valence-corrected chi connectivity index (χ0v) is 16.8. The van der Waals surface area contributed by atoms with E-state index in [2.05, 4.69) is 6.92 Å². The summed E-state index contributed by atoms with van der Waals surface area (Å²) in [6.07, 6.45) is 9.48. The molecule has 2 aromatic rings. The molecule has 0 heterocycles. The lowest BCUT2D eigenvalue weighted by molar-refractivity contribution is 0.294. The Morgan fingerprint density at radius 3 is 2.21 bits per heavy atom. The maximum absolute atomic E-state index is 14.1. The van der Waals surface area contributed by atoms with Gasteiger partial charge in [0.1, 0.15) is 18.2 Å². The summed E-state index contributed by atoms with van der Waals surface area (Å²) in [7, 11) is 0. The molecule has 0 bridgehead atoms. The molecule has 0 amide bonds. The van der Waals surface area contributed by atoms with Crippen molar-refractivity contribution in [2.75, 3.05) is 0 Å². The van der Waals surface area contributed by atoms with E-state index in [0.29, 0.717) is 11.7 Å². The van der Waals surface area contributed by atoms with Crippen LogP contribution in [0.1, 0.15) is 75.3 Å². The number of hydrogen-bond acceptors (Lipinski definition) is 1. The van der Waals surface area contributed by atoms with Gasteiger partial charge in [0.25, 0.3) is 0 Å². The van der Waals surface area contributed by atoms with Crippen LogP contribution in [0.5, 0.6) is 5.75 Å². The Kier molecular flexibility index (Phi) is 7.57. The van der Waals surface area contributed by atoms with Crippen LogP contribution in [-0.2, 0) is 6.61 Å². The highest BCUT2D eigenvalue weighted by Crippen LogP contribution is 2.39. The van der Waals surface area contributed by atoms with Crippen molar-refractivity contribution in [3.8, 4) is 5.75 Å². The summed E-state index contributed by atoms with van der Waals surface area (Å²) in [6.45, 7) is 2.05. The van der Waals surface area contributed by atoms with Gasteiger partial charge in [-0.1, -0.05) is 32.6 Å². The highest BCUT2D eigenvalue weighted by atomic mass is 19.2. The third kappa shape index (κ3) is 5.97. The lowest BCUT2D eigenvalue weighted by atomic mass is 9.77. The van der Waals surface area contributed by atoms with Crippen LogP contribution in [0, 0.1) is 29.2 Å². The van der Waals surface area contributed by atoms with E-state index in [1.807, 2.05) is 0 Å². The average molecular weight is 408 g/mol. The van der Waals surface area contributed by atoms with Gasteiger partial charge < -0.3 is 4.74 Å². The normalized spacial score (nSPS) is 19.3. The number of unbranched alkanes of at least 4 members (excludes halogenated alkanes) is 2. The topological polar surface area (TPSA) is 9.23 Å². The van der Waals surface area contributed by atoms with Gasteiger partial charge in [0.2, 0.25) is 0 Å². The Balaban J connectivity index is 1.60. The summed E-state index contributed by atoms with van der Waals surface area (Å²) < 4.78 is 59.4. The zero-order valence-electron chi connectivity index (χ0n) is 16.8. The van der Waals surface area contributed by atoms with Gasteiger partial charge in [-0.05, 0) is 72.9 Å². The van der Waals surface area contributed by atoms with Gasteiger partial charge in [0.15, 0.2) is 17.5 Å². The van der Waals surface area contributed by atoms with Crippen LogP contribution in [-0.4, -0.2) is 0 Å². The predicted octanol–water partition coefficient (Wildman–Crippen LogP) is 7.68. The molecule has 0 atom stereocenters. The molecule has 2 aromatic carbocycles. The van der Waals surface area contributed by atoms with Crippen molar-refractivity contribution in [3.05, 3.63) is 64.7 Å². The summed E-state index contributed by atoms with van der Waals surface area (Å²) >= 11 is 0. The fraction of sp³-hybridized carbons (Fsp3) is 0.500. The summed E-state index contributed by atoms with van der Waals surface area (Å²) in [4.78, 5) is 0. The molecule has 1 aliphatic rings. The van der Waals surface area contributed by atoms with Crippen LogP contribution >= 0.6 is 0 Å². The fourth-order valence-electron chi connectivity index (χ4n) is 4.23. The molecule has 0 unspecified atom stereocenters. The lowest BCUT2D eigenvalue weighted by Gasteiger charge is -2.29. The number of benzene rings is 2. The summed E-state index contributed by atoms with van der Waals surface area (Å²) in [6, 6.07) is 6.39. The molecule has 0 aliphatic heterocycles. The first kappa shape index (κ1) is 21.7. The van der Waals surface area contributed by atoms with Gasteiger partial charge in [-0.25, -0.2) is 17.6 Å². The molecule has 5 heteroatoms. The van der Waals surface area contributed by atoms with E-state index in [1.54, 1.807) is 12.1 Å². The predicted molar refractivity (Wildman–Crippen MR) is 106 cm³/mol. The minimum absolute atomic E-state index is 0.153. The van der Waals surface area contributed by atoms with Gasteiger partial charge >= 0.3 is 0 Å². The van der Waals surface area contributed by atoms with Crippen LogP contribution in [0.25, 0.3) is 0 Å². The third-order valence-corrected chi connectivity index (χ3v) is 5.88. The molecule has 1 aliphatic carbocycles.